The lowest BCUT2D eigenvalue weighted by Crippen LogP contribution is -2.05. The van der Waals surface area contributed by atoms with Crippen molar-refractivity contribution >= 4 is 6.29 Å². The van der Waals surface area contributed by atoms with Gasteiger partial charge in [-0.25, -0.2) is 0 Å². The molecule has 0 aliphatic rings. The van der Waals surface area contributed by atoms with E-state index in [-0.39, 0.29) is 0 Å². The molecule has 0 fully saturated rings. The SMILES string of the molecule is Cc1cc(C(F)(F)F)ccc1CCC=O. The quantitative estimate of drug-likeness (QED) is 0.709. The van der Waals surface area contributed by atoms with Gasteiger partial charge in [0.15, 0.2) is 0 Å². The van der Waals surface area contributed by atoms with Gasteiger partial charge < -0.3 is 4.79 Å². The van der Waals surface area contributed by atoms with Crippen LogP contribution in [0.15, 0.2) is 18.2 Å². The smallest absolute Gasteiger partial charge is 0.303 e. The van der Waals surface area contributed by atoms with Crippen molar-refractivity contribution in [3.8, 4) is 0 Å². The van der Waals surface area contributed by atoms with E-state index in [1.165, 1.54) is 6.07 Å². The number of alkyl halides is 3. The van der Waals surface area contributed by atoms with Crippen LogP contribution in [0.2, 0.25) is 0 Å². The van der Waals surface area contributed by atoms with Crippen molar-refractivity contribution in [3.63, 3.8) is 0 Å². The van der Waals surface area contributed by atoms with Gasteiger partial charge in [-0.15, -0.1) is 0 Å². The molecule has 1 rings (SSSR count). The summed E-state index contributed by atoms with van der Waals surface area (Å²) in [6, 6.07) is 3.59. The Bertz CT molecular complexity index is 355. The summed E-state index contributed by atoms with van der Waals surface area (Å²) in [6.45, 7) is 1.62. The van der Waals surface area contributed by atoms with E-state index in [9.17, 15) is 18.0 Å². The van der Waals surface area contributed by atoms with Crippen molar-refractivity contribution in [2.75, 3.05) is 0 Å². The number of carbonyl (C=O) groups is 1. The average molecular weight is 216 g/mol. The molecule has 0 amide bonds. The van der Waals surface area contributed by atoms with Gasteiger partial charge >= 0.3 is 6.18 Å². The Morgan fingerprint density at radius 2 is 2.00 bits per heavy atom. The second kappa shape index (κ2) is 4.47. The molecule has 82 valence electrons. The van der Waals surface area contributed by atoms with Crippen LogP contribution in [-0.4, -0.2) is 6.29 Å². The van der Waals surface area contributed by atoms with Gasteiger partial charge in [0.05, 0.1) is 5.56 Å². The van der Waals surface area contributed by atoms with E-state index in [4.69, 9.17) is 0 Å². The van der Waals surface area contributed by atoms with Crippen LogP contribution in [0.1, 0.15) is 23.1 Å². The predicted octanol–water partition coefficient (Wildman–Crippen LogP) is 3.15. The molecular formula is C11H11F3O. The second-order valence-corrected chi connectivity index (χ2v) is 3.34. The number of benzene rings is 1. The van der Waals surface area contributed by atoms with Gasteiger partial charge in [0.2, 0.25) is 0 Å². The fraction of sp³-hybridized carbons (Fsp3) is 0.364. The molecule has 0 N–H and O–H groups in total. The molecule has 0 saturated heterocycles. The van der Waals surface area contributed by atoms with E-state index in [1.54, 1.807) is 6.92 Å². The molecule has 0 unspecified atom stereocenters. The molecule has 0 bridgehead atoms. The lowest BCUT2D eigenvalue weighted by atomic mass is 10.0. The van der Waals surface area contributed by atoms with E-state index < -0.39 is 11.7 Å². The summed E-state index contributed by atoms with van der Waals surface area (Å²) in [5.41, 5.74) is 0.719. The number of hydrogen-bond acceptors (Lipinski definition) is 1. The van der Waals surface area contributed by atoms with E-state index in [1.807, 2.05) is 0 Å². The molecule has 0 spiro atoms. The molecule has 0 atom stereocenters. The topological polar surface area (TPSA) is 17.1 Å². The molecule has 0 aliphatic carbocycles. The number of carbonyl (C=O) groups excluding carboxylic acids is 1. The summed E-state index contributed by atoms with van der Waals surface area (Å²) in [4.78, 5) is 10.1. The van der Waals surface area contributed by atoms with Crippen molar-refractivity contribution in [2.24, 2.45) is 0 Å². The van der Waals surface area contributed by atoms with E-state index >= 15 is 0 Å². The maximum absolute atomic E-state index is 12.3. The molecule has 4 heteroatoms. The van der Waals surface area contributed by atoms with Crippen molar-refractivity contribution < 1.29 is 18.0 Å². The first-order valence-electron chi connectivity index (χ1n) is 4.55. The lowest BCUT2D eigenvalue weighted by Gasteiger charge is -2.10. The molecular weight excluding hydrogens is 205 g/mol. The Morgan fingerprint density at radius 1 is 1.33 bits per heavy atom. The molecule has 0 saturated carbocycles. The highest BCUT2D eigenvalue weighted by Crippen LogP contribution is 2.30. The Morgan fingerprint density at radius 3 is 2.47 bits per heavy atom. The van der Waals surface area contributed by atoms with Gasteiger partial charge in [-0.3, -0.25) is 0 Å². The third kappa shape index (κ3) is 3.08. The largest absolute Gasteiger partial charge is 0.416 e. The highest BCUT2D eigenvalue weighted by molar-refractivity contribution is 5.50. The Hall–Kier alpha value is -1.32. The maximum atomic E-state index is 12.3. The number of rotatable bonds is 3. The number of aryl methyl sites for hydroxylation is 2. The first-order chi connectivity index (χ1) is 6.95. The maximum Gasteiger partial charge on any atom is 0.416 e. The standard InChI is InChI=1S/C11H11F3O/c1-8-7-10(11(12,13)14)5-4-9(8)3-2-6-15/h4-7H,2-3H2,1H3. The minimum absolute atomic E-state index is 0.339. The van der Waals surface area contributed by atoms with Gasteiger partial charge in [-0.05, 0) is 36.6 Å². The van der Waals surface area contributed by atoms with Crippen LogP contribution in [0.25, 0.3) is 0 Å². The van der Waals surface area contributed by atoms with Crippen LogP contribution in [0.3, 0.4) is 0 Å². The molecule has 0 heterocycles. The van der Waals surface area contributed by atoms with E-state index in [0.29, 0.717) is 18.4 Å². The highest BCUT2D eigenvalue weighted by atomic mass is 19.4. The van der Waals surface area contributed by atoms with Crippen LogP contribution in [-0.2, 0) is 17.4 Å². The number of aldehydes is 1. The Kier molecular flexibility index (Phi) is 3.50. The highest BCUT2D eigenvalue weighted by Gasteiger charge is 2.30. The van der Waals surface area contributed by atoms with Crippen LogP contribution < -0.4 is 0 Å². The molecule has 1 aromatic rings. The van der Waals surface area contributed by atoms with Crippen LogP contribution in [0.4, 0.5) is 13.2 Å². The Labute approximate surface area is 85.9 Å². The summed E-state index contributed by atoms with van der Waals surface area (Å²) in [6.07, 6.45) is -2.70. The third-order valence-corrected chi connectivity index (χ3v) is 2.20. The zero-order valence-corrected chi connectivity index (χ0v) is 8.27. The van der Waals surface area contributed by atoms with Crippen molar-refractivity contribution in [3.05, 3.63) is 34.9 Å². The van der Waals surface area contributed by atoms with Gasteiger partial charge in [0.1, 0.15) is 6.29 Å². The molecule has 0 radical (unpaired) electrons. The van der Waals surface area contributed by atoms with E-state index in [0.717, 1.165) is 24.0 Å². The first kappa shape index (κ1) is 11.8. The van der Waals surface area contributed by atoms with Gasteiger partial charge in [-0.1, -0.05) is 6.07 Å². The molecule has 0 aromatic heterocycles. The van der Waals surface area contributed by atoms with Crippen molar-refractivity contribution in [2.45, 2.75) is 25.9 Å². The zero-order chi connectivity index (χ0) is 11.5. The van der Waals surface area contributed by atoms with Crippen molar-refractivity contribution in [1.29, 1.82) is 0 Å². The summed E-state index contributed by atoms with van der Waals surface area (Å²) in [5, 5.41) is 0. The predicted molar refractivity (Wildman–Crippen MR) is 50.6 cm³/mol. The summed E-state index contributed by atoms with van der Waals surface area (Å²) in [5.74, 6) is 0. The molecule has 15 heavy (non-hydrogen) atoms. The fourth-order valence-electron chi connectivity index (χ4n) is 1.37. The second-order valence-electron chi connectivity index (χ2n) is 3.34. The number of halogens is 3. The minimum Gasteiger partial charge on any atom is -0.303 e. The van der Waals surface area contributed by atoms with Gasteiger partial charge in [0.25, 0.3) is 0 Å². The van der Waals surface area contributed by atoms with Crippen LogP contribution in [0.5, 0.6) is 0 Å². The molecule has 1 nitrogen and oxygen atoms in total. The first-order valence-corrected chi connectivity index (χ1v) is 4.55. The van der Waals surface area contributed by atoms with Crippen molar-refractivity contribution in [1.82, 2.24) is 0 Å². The average Bonchev–Trinajstić information content (AvgIpc) is 2.14. The lowest BCUT2D eigenvalue weighted by molar-refractivity contribution is -0.137. The molecule has 1 aromatic carbocycles. The normalized spacial score (nSPS) is 11.5. The van der Waals surface area contributed by atoms with Crippen LogP contribution in [0, 0.1) is 6.92 Å². The summed E-state index contributed by atoms with van der Waals surface area (Å²) < 4.78 is 36.9. The van der Waals surface area contributed by atoms with E-state index in [2.05, 4.69) is 0 Å². The zero-order valence-electron chi connectivity index (χ0n) is 8.27. The third-order valence-electron chi connectivity index (χ3n) is 2.20. The minimum atomic E-state index is -4.30. The summed E-state index contributed by atoms with van der Waals surface area (Å²) in [7, 11) is 0. The molecule has 0 aliphatic heterocycles. The number of hydrogen-bond donors (Lipinski definition) is 0. The summed E-state index contributed by atoms with van der Waals surface area (Å²) >= 11 is 0. The van der Waals surface area contributed by atoms with Crippen LogP contribution >= 0.6 is 0 Å². The monoisotopic (exact) mass is 216 g/mol. The van der Waals surface area contributed by atoms with Gasteiger partial charge in [0, 0.05) is 6.42 Å². The Balaban J connectivity index is 2.93. The fourth-order valence-corrected chi connectivity index (χ4v) is 1.37. The van der Waals surface area contributed by atoms with Gasteiger partial charge in [-0.2, -0.15) is 13.2 Å².